The smallest absolute Gasteiger partial charge is 0.114 e. The molecule has 2 rings (SSSR count). The summed E-state index contributed by atoms with van der Waals surface area (Å²) in [4.78, 5) is 11.2. The fraction of sp³-hybridized carbons (Fsp3) is 0.294. The van der Waals surface area contributed by atoms with E-state index in [-0.39, 0.29) is 0 Å². The lowest BCUT2D eigenvalue weighted by atomic mass is 9.93. The Morgan fingerprint density at radius 3 is 2.58 bits per heavy atom. The Bertz CT molecular complexity index is 526. The minimum atomic E-state index is 0.635. The summed E-state index contributed by atoms with van der Waals surface area (Å²) in [6, 6.07) is 4.16. The first-order valence-electron chi connectivity index (χ1n) is 6.76. The quantitative estimate of drug-likeness (QED) is 0.561. The number of nitroso groups, excluding NO2 is 1. The molecule has 0 aliphatic heterocycles. The van der Waals surface area contributed by atoms with Gasteiger partial charge in [0.15, 0.2) is 0 Å². The van der Waals surface area contributed by atoms with Crippen molar-refractivity contribution in [2.24, 2.45) is 5.18 Å². The Balaban J connectivity index is 2.44. The molecule has 0 amide bonds. The average Bonchev–Trinajstić information content (AvgIpc) is 2.44. The van der Waals surface area contributed by atoms with Crippen LogP contribution in [0.4, 0.5) is 5.69 Å². The van der Waals surface area contributed by atoms with Gasteiger partial charge in [-0.25, -0.2) is 0 Å². The number of benzene rings is 1. The fourth-order valence-corrected chi connectivity index (χ4v) is 2.49. The zero-order valence-electron chi connectivity index (χ0n) is 11.1. The number of aryl methyl sites for hydroxylation is 1. The summed E-state index contributed by atoms with van der Waals surface area (Å²) in [5, 5.41) is 3.29. The van der Waals surface area contributed by atoms with Gasteiger partial charge in [-0.3, -0.25) is 0 Å². The van der Waals surface area contributed by atoms with Gasteiger partial charge in [0, 0.05) is 0 Å². The molecular weight excluding hydrogens is 234 g/mol. The normalized spacial score (nSPS) is 18.1. The van der Waals surface area contributed by atoms with Gasteiger partial charge in [-0.1, -0.05) is 42.5 Å². The van der Waals surface area contributed by atoms with E-state index in [0.717, 1.165) is 36.8 Å². The number of hydrogen-bond acceptors (Lipinski definition) is 2. The molecule has 1 aliphatic rings. The molecule has 0 saturated carbocycles. The average molecular weight is 253 g/mol. The minimum absolute atomic E-state index is 0.635. The third-order valence-electron chi connectivity index (χ3n) is 3.44. The molecule has 2 heteroatoms. The summed E-state index contributed by atoms with van der Waals surface area (Å²) < 4.78 is 0. The Kier molecular flexibility index (Phi) is 4.85. The minimum Gasteiger partial charge on any atom is -0.145 e. The summed E-state index contributed by atoms with van der Waals surface area (Å²) in [6.07, 6.45) is 14.8. The van der Waals surface area contributed by atoms with Gasteiger partial charge in [0.2, 0.25) is 0 Å². The van der Waals surface area contributed by atoms with E-state index in [0.29, 0.717) is 12.1 Å². The molecule has 98 valence electrons. The number of hydrogen-bond donors (Lipinski definition) is 0. The highest BCUT2D eigenvalue weighted by atomic mass is 16.3. The van der Waals surface area contributed by atoms with E-state index in [1.54, 1.807) is 0 Å². The summed E-state index contributed by atoms with van der Waals surface area (Å²) in [5.74, 6) is 0. The predicted molar refractivity (Wildman–Crippen MR) is 80.7 cm³/mol. The molecule has 0 saturated heterocycles. The highest BCUT2D eigenvalue weighted by Crippen LogP contribution is 2.31. The molecule has 2 nitrogen and oxygen atoms in total. The van der Waals surface area contributed by atoms with Crippen LogP contribution in [0.1, 0.15) is 29.5 Å². The highest BCUT2D eigenvalue weighted by molar-refractivity contribution is 5.57. The molecule has 0 heterocycles. The highest BCUT2D eigenvalue weighted by Gasteiger charge is 2.13. The summed E-state index contributed by atoms with van der Waals surface area (Å²) in [5.41, 5.74) is 3.99. The van der Waals surface area contributed by atoms with E-state index in [1.807, 2.05) is 12.1 Å². The molecule has 19 heavy (non-hydrogen) atoms. The molecule has 0 aromatic heterocycles. The Morgan fingerprint density at radius 2 is 1.89 bits per heavy atom. The van der Waals surface area contributed by atoms with E-state index < -0.39 is 0 Å². The second kappa shape index (κ2) is 6.83. The van der Waals surface area contributed by atoms with Crippen LogP contribution in [0.15, 0.2) is 54.3 Å². The zero-order chi connectivity index (χ0) is 13.5. The maximum Gasteiger partial charge on any atom is 0.114 e. The van der Waals surface area contributed by atoms with Crippen LogP contribution in [-0.2, 0) is 19.3 Å². The molecule has 1 aromatic rings. The van der Waals surface area contributed by atoms with Crippen LogP contribution in [0.2, 0.25) is 0 Å². The molecule has 0 atom stereocenters. The van der Waals surface area contributed by atoms with Crippen molar-refractivity contribution in [3.8, 4) is 0 Å². The Labute approximate surface area is 114 Å². The number of nitrogens with zero attached hydrogens (tertiary/aromatic N) is 1. The standard InChI is InChI=1S/C17H19NO/c1-2-9-15-13-12-14-10-7-5-3-4-6-8-11-16(14)17(15)18-19/h2-6,12-13H,1,7-11H2/b5-3-,6-4-. The van der Waals surface area contributed by atoms with Crippen molar-refractivity contribution in [3.05, 3.63) is 70.7 Å². The first kappa shape index (κ1) is 13.5. The van der Waals surface area contributed by atoms with Gasteiger partial charge >= 0.3 is 0 Å². The van der Waals surface area contributed by atoms with Crippen LogP contribution in [0.5, 0.6) is 0 Å². The van der Waals surface area contributed by atoms with Gasteiger partial charge < -0.3 is 0 Å². The fourth-order valence-electron chi connectivity index (χ4n) is 2.49. The molecular formula is C17H19NO. The largest absolute Gasteiger partial charge is 0.145 e. The first-order chi connectivity index (χ1) is 9.36. The summed E-state index contributed by atoms with van der Waals surface area (Å²) >= 11 is 0. The van der Waals surface area contributed by atoms with Gasteiger partial charge in [-0.05, 0) is 54.0 Å². The van der Waals surface area contributed by atoms with Crippen LogP contribution in [0.3, 0.4) is 0 Å². The second-order valence-electron chi connectivity index (χ2n) is 4.73. The number of allylic oxidation sites excluding steroid dienone is 5. The third kappa shape index (κ3) is 3.28. The van der Waals surface area contributed by atoms with E-state index in [4.69, 9.17) is 0 Å². The molecule has 0 unspecified atom stereocenters. The Hall–Kier alpha value is -1.96. The molecule has 0 N–H and O–H groups in total. The zero-order valence-corrected chi connectivity index (χ0v) is 11.1. The van der Waals surface area contributed by atoms with Crippen molar-refractivity contribution in [2.45, 2.75) is 32.1 Å². The van der Waals surface area contributed by atoms with Gasteiger partial charge in [0.05, 0.1) is 0 Å². The van der Waals surface area contributed by atoms with Crippen LogP contribution in [-0.4, -0.2) is 0 Å². The van der Waals surface area contributed by atoms with Crippen molar-refractivity contribution >= 4 is 5.69 Å². The van der Waals surface area contributed by atoms with Crippen molar-refractivity contribution in [1.29, 1.82) is 0 Å². The van der Waals surface area contributed by atoms with Crippen LogP contribution < -0.4 is 0 Å². The maximum absolute atomic E-state index is 11.2. The van der Waals surface area contributed by atoms with Gasteiger partial charge in [-0.15, -0.1) is 11.5 Å². The Morgan fingerprint density at radius 1 is 1.16 bits per heavy atom. The van der Waals surface area contributed by atoms with Gasteiger partial charge in [0.25, 0.3) is 0 Å². The van der Waals surface area contributed by atoms with Crippen LogP contribution in [0.25, 0.3) is 0 Å². The number of rotatable bonds is 3. The second-order valence-corrected chi connectivity index (χ2v) is 4.73. The lowest BCUT2D eigenvalue weighted by molar-refractivity contribution is 0.916. The maximum atomic E-state index is 11.2. The van der Waals surface area contributed by atoms with E-state index in [9.17, 15) is 4.91 Å². The van der Waals surface area contributed by atoms with Crippen molar-refractivity contribution < 1.29 is 0 Å². The first-order valence-corrected chi connectivity index (χ1v) is 6.76. The topological polar surface area (TPSA) is 29.4 Å². The third-order valence-corrected chi connectivity index (χ3v) is 3.44. The molecule has 1 aliphatic carbocycles. The molecule has 0 radical (unpaired) electrons. The van der Waals surface area contributed by atoms with Crippen molar-refractivity contribution in [3.63, 3.8) is 0 Å². The molecule has 1 aromatic carbocycles. The number of fused-ring (bicyclic) bond motifs is 1. The summed E-state index contributed by atoms with van der Waals surface area (Å²) in [7, 11) is 0. The van der Waals surface area contributed by atoms with E-state index in [1.165, 1.54) is 5.56 Å². The van der Waals surface area contributed by atoms with Gasteiger partial charge in [-0.2, -0.15) is 0 Å². The van der Waals surface area contributed by atoms with Crippen LogP contribution >= 0.6 is 0 Å². The monoisotopic (exact) mass is 253 g/mol. The van der Waals surface area contributed by atoms with Crippen LogP contribution in [0, 0.1) is 4.91 Å². The van der Waals surface area contributed by atoms with E-state index >= 15 is 0 Å². The van der Waals surface area contributed by atoms with Gasteiger partial charge in [0.1, 0.15) is 5.69 Å². The van der Waals surface area contributed by atoms with Crippen molar-refractivity contribution in [2.75, 3.05) is 0 Å². The molecule has 0 spiro atoms. The van der Waals surface area contributed by atoms with E-state index in [2.05, 4.69) is 42.1 Å². The predicted octanol–water partition coefficient (Wildman–Crippen LogP) is 4.80. The van der Waals surface area contributed by atoms with Crippen molar-refractivity contribution in [1.82, 2.24) is 0 Å². The molecule has 0 bridgehead atoms. The molecule has 0 fully saturated rings. The SMILES string of the molecule is C=CCc1ccc2c(c1N=O)CC/C=C\C=C/CC2. The lowest BCUT2D eigenvalue weighted by Crippen LogP contribution is -1.98. The lowest BCUT2D eigenvalue weighted by Gasteiger charge is -2.13. The summed E-state index contributed by atoms with van der Waals surface area (Å²) in [6.45, 7) is 3.74.